The molecule has 6 rings (SSSR count). The number of ether oxygens (including phenoxy) is 1. The standard InChI is InChI=1S/C23H27N7O2/c1-14-26-21-19(30(14)17-4-7-32-8-5-17)9-15(12-24-21)18-3-6-29-20(18)13-25-22(28-29)27-16-10-23(2,31)11-16/h3,6,9,12-13,16-17,31H,4-5,7-8,10-11H2,1-2H3,(H,27,28). The van der Waals surface area contributed by atoms with Gasteiger partial charge in [-0.05, 0) is 51.7 Å². The zero-order valence-corrected chi connectivity index (χ0v) is 18.3. The van der Waals surface area contributed by atoms with Crippen LogP contribution in [0, 0.1) is 6.92 Å². The second-order valence-electron chi connectivity index (χ2n) is 9.33. The van der Waals surface area contributed by atoms with E-state index in [1.54, 1.807) is 0 Å². The first-order valence-electron chi connectivity index (χ1n) is 11.2. The molecule has 0 atom stereocenters. The van der Waals surface area contributed by atoms with Crippen LogP contribution >= 0.6 is 0 Å². The van der Waals surface area contributed by atoms with Crippen LogP contribution in [0.25, 0.3) is 27.8 Å². The number of imidazole rings is 1. The van der Waals surface area contributed by atoms with E-state index in [9.17, 15) is 5.11 Å². The lowest BCUT2D eigenvalue weighted by Crippen LogP contribution is -2.48. The van der Waals surface area contributed by atoms with Crippen molar-refractivity contribution in [1.29, 1.82) is 0 Å². The van der Waals surface area contributed by atoms with Crippen LogP contribution in [0.1, 0.15) is 44.5 Å². The summed E-state index contributed by atoms with van der Waals surface area (Å²) in [5.41, 5.74) is 4.24. The second-order valence-corrected chi connectivity index (χ2v) is 9.33. The number of aryl methyl sites for hydroxylation is 1. The van der Waals surface area contributed by atoms with E-state index in [-0.39, 0.29) is 6.04 Å². The Hall–Kier alpha value is -3.04. The van der Waals surface area contributed by atoms with Gasteiger partial charge in [0.05, 0.1) is 22.8 Å². The summed E-state index contributed by atoms with van der Waals surface area (Å²) in [5.74, 6) is 1.56. The zero-order chi connectivity index (χ0) is 21.9. The summed E-state index contributed by atoms with van der Waals surface area (Å²) in [5, 5.41) is 17.9. The average molecular weight is 434 g/mol. The number of nitrogens with zero attached hydrogens (tertiary/aromatic N) is 6. The van der Waals surface area contributed by atoms with Crippen molar-refractivity contribution >= 4 is 22.6 Å². The van der Waals surface area contributed by atoms with Gasteiger partial charge >= 0.3 is 0 Å². The second kappa shape index (κ2) is 7.25. The normalized spacial score (nSPS) is 24.2. The van der Waals surface area contributed by atoms with Gasteiger partial charge in [-0.2, -0.15) is 0 Å². The summed E-state index contributed by atoms with van der Waals surface area (Å²) < 4.78 is 9.71. The van der Waals surface area contributed by atoms with E-state index < -0.39 is 5.60 Å². The number of pyridine rings is 1. The highest BCUT2D eigenvalue weighted by Crippen LogP contribution is 2.34. The van der Waals surface area contributed by atoms with E-state index in [1.807, 2.05) is 36.1 Å². The van der Waals surface area contributed by atoms with Crippen LogP contribution in [-0.4, -0.2) is 59.1 Å². The van der Waals surface area contributed by atoms with Crippen molar-refractivity contribution in [2.75, 3.05) is 18.5 Å². The van der Waals surface area contributed by atoms with Gasteiger partial charge in [0.15, 0.2) is 5.65 Å². The number of aliphatic hydroxyl groups is 1. The van der Waals surface area contributed by atoms with Crippen LogP contribution in [-0.2, 0) is 4.74 Å². The minimum atomic E-state index is -0.580. The zero-order valence-electron chi connectivity index (χ0n) is 18.3. The SMILES string of the molecule is Cc1nc2ncc(-c3ccn4nc(NC5CC(C)(O)C5)ncc34)cc2n1C1CCOCC1. The van der Waals surface area contributed by atoms with Gasteiger partial charge in [-0.3, -0.25) is 0 Å². The fraction of sp³-hybridized carbons (Fsp3) is 0.478. The molecule has 0 spiro atoms. The number of aromatic nitrogens is 6. The van der Waals surface area contributed by atoms with Crippen LogP contribution < -0.4 is 5.32 Å². The maximum Gasteiger partial charge on any atom is 0.241 e. The molecule has 2 aliphatic rings. The Morgan fingerprint density at radius 2 is 1.97 bits per heavy atom. The first kappa shape index (κ1) is 19.6. The van der Waals surface area contributed by atoms with Crippen LogP contribution in [0.15, 0.2) is 30.7 Å². The quantitative estimate of drug-likeness (QED) is 0.510. The summed E-state index contributed by atoms with van der Waals surface area (Å²) in [7, 11) is 0. The fourth-order valence-electron chi connectivity index (χ4n) is 5.14. The third kappa shape index (κ3) is 3.32. The lowest BCUT2D eigenvalue weighted by atomic mass is 9.77. The van der Waals surface area contributed by atoms with Crippen molar-refractivity contribution in [3.8, 4) is 11.1 Å². The molecule has 0 amide bonds. The Kier molecular flexibility index (Phi) is 4.44. The van der Waals surface area contributed by atoms with E-state index in [2.05, 4.69) is 37.9 Å². The Morgan fingerprint density at radius 3 is 2.75 bits per heavy atom. The molecule has 0 bridgehead atoms. The van der Waals surface area contributed by atoms with E-state index in [0.717, 1.165) is 59.7 Å². The van der Waals surface area contributed by atoms with Gasteiger partial charge in [0, 0.05) is 48.8 Å². The molecule has 5 heterocycles. The Bertz CT molecular complexity index is 1290. The van der Waals surface area contributed by atoms with Gasteiger partial charge in [-0.1, -0.05) is 0 Å². The first-order chi connectivity index (χ1) is 15.5. The maximum atomic E-state index is 9.94. The van der Waals surface area contributed by atoms with Crippen LogP contribution in [0.2, 0.25) is 0 Å². The van der Waals surface area contributed by atoms with Crippen molar-refractivity contribution in [2.24, 2.45) is 0 Å². The summed E-state index contributed by atoms with van der Waals surface area (Å²) >= 11 is 0. The largest absolute Gasteiger partial charge is 0.390 e. The molecule has 1 saturated carbocycles. The molecule has 1 saturated heterocycles. The van der Waals surface area contributed by atoms with Crippen molar-refractivity contribution in [1.82, 2.24) is 29.1 Å². The molecule has 2 fully saturated rings. The van der Waals surface area contributed by atoms with E-state index >= 15 is 0 Å². The molecule has 166 valence electrons. The summed E-state index contributed by atoms with van der Waals surface area (Å²) in [4.78, 5) is 13.9. The molecular formula is C23H27N7O2. The smallest absolute Gasteiger partial charge is 0.241 e. The number of nitrogens with one attached hydrogen (secondary N) is 1. The first-order valence-corrected chi connectivity index (χ1v) is 11.2. The summed E-state index contributed by atoms with van der Waals surface area (Å²) in [6, 6.07) is 4.82. The summed E-state index contributed by atoms with van der Waals surface area (Å²) in [6.07, 6.45) is 9.05. The minimum absolute atomic E-state index is 0.206. The van der Waals surface area contributed by atoms with E-state index in [0.29, 0.717) is 24.8 Å². The maximum absolute atomic E-state index is 9.94. The number of rotatable bonds is 4. The molecule has 0 aromatic carbocycles. The molecule has 9 nitrogen and oxygen atoms in total. The highest BCUT2D eigenvalue weighted by molar-refractivity contribution is 5.85. The molecule has 2 N–H and O–H groups in total. The molecule has 4 aromatic heterocycles. The summed E-state index contributed by atoms with van der Waals surface area (Å²) in [6.45, 7) is 5.47. The van der Waals surface area contributed by atoms with E-state index in [1.165, 1.54) is 0 Å². The number of fused-ring (bicyclic) bond motifs is 2. The third-order valence-electron chi connectivity index (χ3n) is 6.71. The monoisotopic (exact) mass is 433 g/mol. The Labute approximate surface area is 185 Å². The number of anilines is 1. The highest BCUT2D eigenvalue weighted by atomic mass is 16.5. The average Bonchev–Trinajstić information content (AvgIpc) is 3.32. The van der Waals surface area contributed by atoms with Gasteiger partial charge in [0.1, 0.15) is 5.82 Å². The molecule has 4 aromatic rings. The topological polar surface area (TPSA) is 102 Å². The Morgan fingerprint density at radius 1 is 1.16 bits per heavy atom. The van der Waals surface area contributed by atoms with Crippen molar-refractivity contribution in [2.45, 2.75) is 57.2 Å². The lowest BCUT2D eigenvalue weighted by molar-refractivity contribution is -0.0236. The van der Waals surface area contributed by atoms with Crippen molar-refractivity contribution < 1.29 is 9.84 Å². The van der Waals surface area contributed by atoms with Crippen LogP contribution in [0.4, 0.5) is 5.95 Å². The highest BCUT2D eigenvalue weighted by Gasteiger charge is 2.38. The van der Waals surface area contributed by atoms with E-state index in [4.69, 9.17) is 9.72 Å². The van der Waals surface area contributed by atoms with Gasteiger partial charge in [0.2, 0.25) is 5.95 Å². The predicted octanol–water partition coefficient (Wildman–Crippen LogP) is 3.13. The number of hydrogen-bond donors (Lipinski definition) is 2. The van der Waals surface area contributed by atoms with Gasteiger partial charge in [-0.15, -0.1) is 5.10 Å². The fourth-order valence-corrected chi connectivity index (χ4v) is 5.14. The van der Waals surface area contributed by atoms with Gasteiger partial charge in [0.25, 0.3) is 0 Å². The van der Waals surface area contributed by atoms with Crippen LogP contribution in [0.5, 0.6) is 0 Å². The van der Waals surface area contributed by atoms with Crippen LogP contribution in [0.3, 0.4) is 0 Å². The third-order valence-corrected chi connectivity index (χ3v) is 6.71. The molecular weight excluding hydrogens is 406 g/mol. The minimum Gasteiger partial charge on any atom is -0.390 e. The molecule has 0 radical (unpaired) electrons. The molecule has 1 aliphatic heterocycles. The predicted molar refractivity (Wildman–Crippen MR) is 121 cm³/mol. The van der Waals surface area contributed by atoms with Gasteiger partial charge in [-0.25, -0.2) is 19.5 Å². The molecule has 32 heavy (non-hydrogen) atoms. The molecule has 1 aliphatic carbocycles. The van der Waals surface area contributed by atoms with Crippen molar-refractivity contribution in [3.63, 3.8) is 0 Å². The van der Waals surface area contributed by atoms with Gasteiger partial charge < -0.3 is 19.7 Å². The van der Waals surface area contributed by atoms with Crippen molar-refractivity contribution in [3.05, 3.63) is 36.5 Å². The molecule has 9 heteroatoms. The number of hydrogen-bond acceptors (Lipinski definition) is 7. The molecule has 0 unspecified atom stereocenters. The Balaban J connectivity index is 1.33. The lowest BCUT2D eigenvalue weighted by Gasteiger charge is -2.41.